The van der Waals surface area contributed by atoms with Crippen molar-refractivity contribution in [2.45, 2.75) is 0 Å². The summed E-state index contributed by atoms with van der Waals surface area (Å²) in [7, 11) is 0.987. The Morgan fingerprint density at radius 2 is 1.60 bits per heavy atom. The van der Waals surface area contributed by atoms with Crippen LogP contribution in [-0.4, -0.2) is 31.6 Å². The standard InChI is InChI=1S/C8H10BClO5/c1-13-7-3-5(10)6(15-9(11)12)4-8(7)14-2/h3-4,11-12H,1-2H3. The van der Waals surface area contributed by atoms with Crippen molar-refractivity contribution < 1.29 is 24.2 Å². The smallest absolute Gasteiger partial charge is 0.511 e. The Morgan fingerprint density at radius 3 is 2.07 bits per heavy atom. The number of hydrogen-bond donors (Lipinski definition) is 2. The Kier molecular flexibility index (Phi) is 4.08. The van der Waals surface area contributed by atoms with Crippen LogP contribution in [0.15, 0.2) is 12.1 Å². The quantitative estimate of drug-likeness (QED) is 0.748. The first kappa shape index (κ1) is 12.0. The fourth-order valence-electron chi connectivity index (χ4n) is 1.04. The van der Waals surface area contributed by atoms with Gasteiger partial charge in [-0.1, -0.05) is 11.6 Å². The van der Waals surface area contributed by atoms with Crippen molar-refractivity contribution in [2.75, 3.05) is 14.2 Å². The maximum absolute atomic E-state index is 8.62. The molecule has 0 aliphatic rings. The molecule has 0 aliphatic carbocycles. The van der Waals surface area contributed by atoms with E-state index in [1.807, 2.05) is 0 Å². The average molecular weight is 232 g/mol. The van der Waals surface area contributed by atoms with E-state index in [9.17, 15) is 0 Å². The van der Waals surface area contributed by atoms with Crippen LogP contribution >= 0.6 is 11.6 Å². The highest BCUT2D eigenvalue weighted by atomic mass is 35.5. The lowest BCUT2D eigenvalue weighted by atomic mass is 10.2. The first-order chi connectivity index (χ1) is 7.08. The van der Waals surface area contributed by atoms with Crippen LogP contribution in [0.5, 0.6) is 17.2 Å². The van der Waals surface area contributed by atoms with Gasteiger partial charge in [0.1, 0.15) is 5.75 Å². The summed E-state index contributed by atoms with van der Waals surface area (Å²) >= 11 is 5.80. The van der Waals surface area contributed by atoms with Crippen LogP contribution in [0.2, 0.25) is 5.02 Å². The van der Waals surface area contributed by atoms with Crippen molar-refractivity contribution >= 4 is 18.9 Å². The molecule has 1 rings (SSSR count). The Labute approximate surface area is 92.3 Å². The number of methoxy groups -OCH3 is 2. The molecule has 0 unspecified atom stereocenters. The minimum Gasteiger partial charge on any atom is -0.511 e. The maximum atomic E-state index is 8.62. The second-order valence-electron chi connectivity index (χ2n) is 2.58. The lowest BCUT2D eigenvalue weighted by molar-refractivity contribution is 0.286. The third-order valence-electron chi connectivity index (χ3n) is 1.67. The molecule has 0 spiro atoms. The van der Waals surface area contributed by atoms with E-state index in [-0.39, 0.29) is 10.8 Å². The van der Waals surface area contributed by atoms with E-state index < -0.39 is 7.32 Å². The Morgan fingerprint density at radius 1 is 1.07 bits per heavy atom. The van der Waals surface area contributed by atoms with Crippen LogP contribution in [0.4, 0.5) is 0 Å². The van der Waals surface area contributed by atoms with Crippen molar-refractivity contribution in [3.05, 3.63) is 17.2 Å². The molecule has 0 aliphatic heterocycles. The molecule has 0 amide bonds. The molecular formula is C8H10BClO5. The van der Waals surface area contributed by atoms with Gasteiger partial charge in [0.15, 0.2) is 11.5 Å². The molecule has 0 saturated carbocycles. The predicted molar refractivity (Wildman–Crippen MR) is 55.4 cm³/mol. The normalized spacial score (nSPS) is 9.67. The minimum absolute atomic E-state index is 0.101. The van der Waals surface area contributed by atoms with Crippen LogP contribution in [0.25, 0.3) is 0 Å². The molecular weight excluding hydrogens is 222 g/mol. The van der Waals surface area contributed by atoms with E-state index in [0.29, 0.717) is 11.5 Å². The second-order valence-corrected chi connectivity index (χ2v) is 2.99. The summed E-state index contributed by atoms with van der Waals surface area (Å²) in [4.78, 5) is 0. The summed E-state index contributed by atoms with van der Waals surface area (Å²) in [5, 5.41) is 17.4. The van der Waals surface area contributed by atoms with Crippen molar-refractivity contribution in [3.63, 3.8) is 0 Å². The van der Waals surface area contributed by atoms with Gasteiger partial charge in [0.25, 0.3) is 0 Å². The lowest BCUT2D eigenvalue weighted by Crippen LogP contribution is -2.20. The molecule has 0 fully saturated rings. The van der Waals surface area contributed by atoms with Crippen molar-refractivity contribution in [1.29, 1.82) is 0 Å². The van der Waals surface area contributed by atoms with Gasteiger partial charge >= 0.3 is 7.32 Å². The molecule has 0 heterocycles. The van der Waals surface area contributed by atoms with Crippen LogP contribution in [-0.2, 0) is 0 Å². The maximum Gasteiger partial charge on any atom is 0.707 e. The van der Waals surface area contributed by atoms with Crippen molar-refractivity contribution in [2.24, 2.45) is 0 Å². The van der Waals surface area contributed by atoms with Gasteiger partial charge < -0.3 is 24.2 Å². The predicted octanol–water partition coefficient (Wildman–Crippen LogP) is 0.705. The SMILES string of the molecule is COc1cc(Cl)c(OB(O)O)cc1OC. The van der Waals surface area contributed by atoms with Gasteiger partial charge in [-0.15, -0.1) is 0 Å². The molecule has 5 nitrogen and oxygen atoms in total. The summed E-state index contributed by atoms with van der Waals surface area (Å²) in [6.07, 6.45) is 0. The fourth-order valence-corrected chi connectivity index (χ4v) is 1.24. The zero-order chi connectivity index (χ0) is 11.4. The van der Waals surface area contributed by atoms with E-state index in [4.69, 9.17) is 31.1 Å². The molecule has 0 radical (unpaired) electrons. The van der Waals surface area contributed by atoms with E-state index in [0.717, 1.165) is 0 Å². The molecule has 7 heteroatoms. The van der Waals surface area contributed by atoms with E-state index in [1.165, 1.54) is 26.4 Å². The third-order valence-corrected chi connectivity index (χ3v) is 1.97. The Bertz CT molecular complexity index is 344. The highest BCUT2D eigenvalue weighted by molar-refractivity contribution is 6.36. The summed E-state index contributed by atoms with van der Waals surface area (Å²) in [5.74, 6) is 0.921. The van der Waals surface area contributed by atoms with Gasteiger partial charge in [0.05, 0.1) is 19.2 Å². The van der Waals surface area contributed by atoms with Gasteiger partial charge in [-0.3, -0.25) is 0 Å². The molecule has 0 atom stereocenters. The van der Waals surface area contributed by atoms with Gasteiger partial charge in [-0.05, 0) is 0 Å². The van der Waals surface area contributed by atoms with Crippen molar-refractivity contribution in [3.8, 4) is 17.2 Å². The van der Waals surface area contributed by atoms with E-state index >= 15 is 0 Å². The molecule has 82 valence electrons. The lowest BCUT2D eigenvalue weighted by Gasteiger charge is -2.12. The van der Waals surface area contributed by atoms with E-state index in [2.05, 4.69) is 4.65 Å². The Hall–Kier alpha value is -1.11. The molecule has 0 aromatic heterocycles. The van der Waals surface area contributed by atoms with Crippen LogP contribution in [0, 0.1) is 0 Å². The summed E-state index contributed by atoms with van der Waals surface area (Å²) in [6, 6.07) is 2.86. The van der Waals surface area contributed by atoms with Gasteiger partial charge in [-0.2, -0.15) is 0 Å². The minimum atomic E-state index is -1.93. The average Bonchev–Trinajstić information content (AvgIpc) is 2.19. The molecule has 1 aromatic rings. The number of ether oxygens (including phenoxy) is 2. The zero-order valence-corrected chi connectivity index (χ0v) is 8.99. The summed E-state index contributed by atoms with van der Waals surface area (Å²) < 4.78 is 14.6. The molecule has 2 N–H and O–H groups in total. The van der Waals surface area contributed by atoms with Crippen LogP contribution in [0.1, 0.15) is 0 Å². The number of halogens is 1. The number of rotatable bonds is 4. The van der Waals surface area contributed by atoms with Gasteiger partial charge in [-0.25, -0.2) is 0 Å². The highest BCUT2D eigenvalue weighted by Crippen LogP contribution is 2.37. The summed E-state index contributed by atoms with van der Waals surface area (Å²) in [5.41, 5.74) is 0. The van der Waals surface area contributed by atoms with E-state index in [1.54, 1.807) is 0 Å². The third kappa shape index (κ3) is 2.92. The second kappa shape index (κ2) is 5.11. The fraction of sp³-hybridized carbons (Fsp3) is 0.250. The molecule has 0 saturated heterocycles. The Balaban J connectivity index is 3.08. The zero-order valence-electron chi connectivity index (χ0n) is 8.23. The first-order valence-corrected chi connectivity index (χ1v) is 4.40. The van der Waals surface area contributed by atoms with Gasteiger partial charge in [0.2, 0.25) is 0 Å². The van der Waals surface area contributed by atoms with Gasteiger partial charge in [0, 0.05) is 12.1 Å². The topological polar surface area (TPSA) is 68.2 Å². The molecule has 1 aromatic carbocycles. The largest absolute Gasteiger partial charge is 0.707 e. The number of benzene rings is 1. The first-order valence-electron chi connectivity index (χ1n) is 4.02. The van der Waals surface area contributed by atoms with Crippen LogP contribution < -0.4 is 14.1 Å². The highest BCUT2D eigenvalue weighted by Gasteiger charge is 2.16. The monoisotopic (exact) mass is 232 g/mol. The van der Waals surface area contributed by atoms with Crippen molar-refractivity contribution in [1.82, 2.24) is 0 Å². The molecule has 0 bridgehead atoms. The van der Waals surface area contributed by atoms with Crippen LogP contribution in [0.3, 0.4) is 0 Å². The number of hydrogen-bond acceptors (Lipinski definition) is 5. The summed E-state index contributed by atoms with van der Waals surface area (Å²) in [6.45, 7) is 0. The molecule has 15 heavy (non-hydrogen) atoms.